The van der Waals surface area contributed by atoms with Gasteiger partial charge in [0.2, 0.25) is 0 Å². The smallest absolute Gasteiger partial charge is 0.407 e. The lowest BCUT2D eigenvalue weighted by Gasteiger charge is -2.22. The number of carbonyl (C=O) groups is 1. The first-order chi connectivity index (χ1) is 10.2. The van der Waals surface area contributed by atoms with Gasteiger partial charge in [-0.15, -0.1) is 0 Å². The quantitative estimate of drug-likeness (QED) is 0.754. The highest BCUT2D eigenvalue weighted by Gasteiger charge is 2.21. The zero-order chi connectivity index (χ0) is 16.8. The van der Waals surface area contributed by atoms with Crippen LogP contribution in [-0.2, 0) is 11.2 Å². The molecule has 1 amide bonds. The summed E-state index contributed by atoms with van der Waals surface area (Å²) in [6, 6.07) is 7.48. The molecule has 0 aromatic heterocycles. The molecule has 2 unspecified atom stereocenters. The number of ether oxygens (including phenoxy) is 1. The summed E-state index contributed by atoms with van der Waals surface area (Å²) in [5.41, 5.74) is 1.22. The van der Waals surface area contributed by atoms with Gasteiger partial charge in [-0.1, -0.05) is 37.6 Å². The molecule has 0 aliphatic carbocycles. The maximum absolute atomic E-state index is 11.5. The van der Waals surface area contributed by atoms with E-state index in [2.05, 4.69) is 12.2 Å². The molecule has 0 saturated heterocycles. The highest BCUT2D eigenvalue weighted by molar-refractivity contribution is 5.67. The highest BCUT2D eigenvalue weighted by Crippen LogP contribution is 2.18. The third-order valence-corrected chi connectivity index (χ3v) is 3.08. The standard InChI is InChI=1S/C17H27NO4/c1-5-6-12-7-9-13(10-8-12)15(20)14(19)11-18-16(21)22-17(2,3)4/h7-10,14-15,19-20H,5-6,11H2,1-4H3,(H,18,21). The lowest BCUT2D eigenvalue weighted by atomic mass is 10.0. The van der Waals surface area contributed by atoms with Crippen LogP contribution in [0.5, 0.6) is 0 Å². The monoisotopic (exact) mass is 309 g/mol. The molecule has 1 aromatic carbocycles. The Morgan fingerprint density at radius 1 is 1.23 bits per heavy atom. The minimum absolute atomic E-state index is 0.0766. The second kappa shape index (κ2) is 8.15. The molecular formula is C17H27NO4. The predicted molar refractivity (Wildman–Crippen MR) is 85.6 cm³/mol. The van der Waals surface area contributed by atoms with Crippen LogP contribution in [-0.4, -0.2) is 34.6 Å². The lowest BCUT2D eigenvalue weighted by molar-refractivity contribution is 0.0129. The Labute approximate surface area is 132 Å². The fourth-order valence-electron chi connectivity index (χ4n) is 2.01. The number of carbonyl (C=O) groups excluding carboxylic acids is 1. The molecule has 0 heterocycles. The minimum Gasteiger partial charge on any atom is -0.444 e. The predicted octanol–water partition coefficient (Wildman–Crippen LogP) is 2.56. The molecule has 2 atom stereocenters. The summed E-state index contributed by atoms with van der Waals surface area (Å²) in [5, 5.41) is 22.5. The van der Waals surface area contributed by atoms with E-state index < -0.39 is 23.9 Å². The normalized spacial score (nSPS) is 14.3. The van der Waals surface area contributed by atoms with Crippen LogP contribution in [0.3, 0.4) is 0 Å². The minimum atomic E-state index is -1.09. The molecule has 0 aliphatic rings. The summed E-state index contributed by atoms with van der Waals surface area (Å²) in [6.07, 6.45) is -0.712. The molecule has 124 valence electrons. The van der Waals surface area contributed by atoms with Crippen LogP contribution in [0.2, 0.25) is 0 Å². The Kier molecular flexibility index (Phi) is 6.84. The number of aliphatic hydroxyl groups excluding tert-OH is 2. The van der Waals surface area contributed by atoms with Crippen LogP contribution in [0.1, 0.15) is 51.3 Å². The summed E-state index contributed by atoms with van der Waals surface area (Å²) in [4.78, 5) is 11.5. The van der Waals surface area contributed by atoms with Gasteiger partial charge < -0.3 is 20.3 Å². The Bertz CT molecular complexity index is 465. The summed E-state index contributed by atoms with van der Waals surface area (Å²) in [6.45, 7) is 7.31. The maximum Gasteiger partial charge on any atom is 0.407 e. The van der Waals surface area contributed by atoms with Crippen molar-refractivity contribution in [2.24, 2.45) is 0 Å². The van der Waals surface area contributed by atoms with Crippen LogP contribution in [0.15, 0.2) is 24.3 Å². The van der Waals surface area contributed by atoms with E-state index in [1.54, 1.807) is 32.9 Å². The second-order valence-corrected chi connectivity index (χ2v) is 6.39. The first kappa shape index (κ1) is 18.5. The Morgan fingerprint density at radius 2 is 1.82 bits per heavy atom. The number of amides is 1. The molecule has 0 bridgehead atoms. The van der Waals surface area contributed by atoms with Crippen LogP contribution in [0.25, 0.3) is 0 Å². The van der Waals surface area contributed by atoms with Crippen LogP contribution in [0.4, 0.5) is 4.79 Å². The fraction of sp³-hybridized carbons (Fsp3) is 0.588. The summed E-state index contributed by atoms with van der Waals surface area (Å²) >= 11 is 0. The van der Waals surface area contributed by atoms with Gasteiger partial charge in [-0.3, -0.25) is 0 Å². The zero-order valence-electron chi connectivity index (χ0n) is 13.8. The molecule has 0 radical (unpaired) electrons. The van der Waals surface area contributed by atoms with Crippen molar-refractivity contribution in [3.63, 3.8) is 0 Å². The third-order valence-electron chi connectivity index (χ3n) is 3.08. The van der Waals surface area contributed by atoms with Crippen molar-refractivity contribution < 1.29 is 19.7 Å². The number of alkyl carbamates (subject to hydrolysis) is 1. The number of benzene rings is 1. The Morgan fingerprint density at radius 3 is 2.32 bits per heavy atom. The molecular weight excluding hydrogens is 282 g/mol. The highest BCUT2D eigenvalue weighted by atomic mass is 16.6. The van der Waals surface area contributed by atoms with Crippen molar-refractivity contribution in [3.8, 4) is 0 Å². The van der Waals surface area contributed by atoms with E-state index in [1.807, 2.05) is 12.1 Å². The van der Waals surface area contributed by atoms with Gasteiger partial charge in [-0.25, -0.2) is 4.79 Å². The van der Waals surface area contributed by atoms with Gasteiger partial charge >= 0.3 is 6.09 Å². The lowest BCUT2D eigenvalue weighted by Crippen LogP contribution is -2.38. The first-order valence-electron chi connectivity index (χ1n) is 7.64. The number of hydrogen-bond acceptors (Lipinski definition) is 4. The van der Waals surface area contributed by atoms with Crippen molar-refractivity contribution in [3.05, 3.63) is 35.4 Å². The van der Waals surface area contributed by atoms with Crippen molar-refractivity contribution >= 4 is 6.09 Å². The molecule has 0 saturated carbocycles. The Balaban J connectivity index is 2.50. The molecule has 5 nitrogen and oxygen atoms in total. The SMILES string of the molecule is CCCc1ccc(C(O)C(O)CNC(=O)OC(C)(C)C)cc1. The first-order valence-corrected chi connectivity index (χ1v) is 7.64. The average molecular weight is 309 g/mol. The molecule has 1 aromatic rings. The van der Waals surface area contributed by atoms with Gasteiger partial charge in [-0.05, 0) is 38.3 Å². The number of aliphatic hydroxyl groups is 2. The third kappa shape index (κ3) is 6.45. The van der Waals surface area contributed by atoms with E-state index in [1.165, 1.54) is 5.56 Å². The molecule has 1 rings (SSSR count). The van der Waals surface area contributed by atoms with Gasteiger partial charge in [0.25, 0.3) is 0 Å². The largest absolute Gasteiger partial charge is 0.444 e. The molecule has 0 spiro atoms. The molecule has 5 heteroatoms. The van der Waals surface area contributed by atoms with Crippen LogP contribution in [0, 0.1) is 0 Å². The van der Waals surface area contributed by atoms with Gasteiger partial charge in [-0.2, -0.15) is 0 Å². The number of hydrogen-bond donors (Lipinski definition) is 3. The van der Waals surface area contributed by atoms with E-state index in [9.17, 15) is 15.0 Å². The van der Waals surface area contributed by atoms with Gasteiger partial charge in [0.05, 0.1) is 0 Å². The van der Waals surface area contributed by atoms with Crippen LogP contribution < -0.4 is 5.32 Å². The van der Waals surface area contributed by atoms with E-state index >= 15 is 0 Å². The number of rotatable bonds is 6. The Hall–Kier alpha value is -1.59. The van der Waals surface area contributed by atoms with Gasteiger partial charge in [0.1, 0.15) is 17.8 Å². The molecule has 0 fully saturated rings. The number of aryl methyl sites for hydroxylation is 1. The van der Waals surface area contributed by atoms with E-state index in [-0.39, 0.29) is 6.54 Å². The van der Waals surface area contributed by atoms with E-state index in [0.29, 0.717) is 5.56 Å². The molecule has 3 N–H and O–H groups in total. The van der Waals surface area contributed by atoms with Crippen molar-refractivity contribution in [1.29, 1.82) is 0 Å². The number of nitrogens with one attached hydrogen (secondary N) is 1. The summed E-state index contributed by atoms with van der Waals surface area (Å²) in [5.74, 6) is 0. The summed E-state index contributed by atoms with van der Waals surface area (Å²) in [7, 11) is 0. The second-order valence-electron chi connectivity index (χ2n) is 6.39. The topological polar surface area (TPSA) is 78.8 Å². The van der Waals surface area contributed by atoms with Crippen molar-refractivity contribution in [2.75, 3.05) is 6.54 Å². The van der Waals surface area contributed by atoms with Crippen LogP contribution >= 0.6 is 0 Å². The maximum atomic E-state index is 11.5. The van der Waals surface area contributed by atoms with Gasteiger partial charge in [0.15, 0.2) is 0 Å². The van der Waals surface area contributed by atoms with Crippen molar-refractivity contribution in [2.45, 2.75) is 58.3 Å². The van der Waals surface area contributed by atoms with Crippen molar-refractivity contribution in [1.82, 2.24) is 5.32 Å². The van der Waals surface area contributed by atoms with E-state index in [4.69, 9.17) is 4.74 Å². The van der Waals surface area contributed by atoms with E-state index in [0.717, 1.165) is 12.8 Å². The molecule has 22 heavy (non-hydrogen) atoms. The molecule has 0 aliphatic heterocycles. The average Bonchev–Trinajstić information content (AvgIpc) is 2.43. The zero-order valence-corrected chi connectivity index (χ0v) is 13.8. The van der Waals surface area contributed by atoms with Gasteiger partial charge in [0, 0.05) is 6.54 Å². The summed E-state index contributed by atoms with van der Waals surface area (Å²) < 4.78 is 5.07. The fourth-order valence-corrected chi connectivity index (χ4v) is 2.01.